The van der Waals surface area contributed by atoms with E-state index in [0.29, 0.717) is 13.1 Å². The standard InChI is InChI=1S/C11H11F2IN4/c12-11(13)1-3-18(4-2-11)10-7-5-8(14)17-9(7)15-6-16-10/h5-6H,1-4H2,(H,15,16,17). The van der Waals surface area contributed by atoms with Gasteiger partial charge in [0.2, 0.25) is 0 Å². The molecule has 3 heterocycles. The van der Waals surface area contributed by atoms with Crippen LogP contribution in [0.2, 0.25) is 0 Å². The monoisotopic (exact) mass is 364 g/mol. The van der Waals surface area contributed by atoms with Gasteiger partial charge in [-0.25, -0.2) is 18.7 Å². The van der Waals surface area contributed by atoms with Gasteiger partial charge in [0.05, 0.1) is 9.09 Å². The number of piperidine rings is 1. The van der Waals surface area contributed by atoms with Crippen LogP contribution < -0.4 is 4.90 Å². The van der Waals surface area contributed by atoms with E-state index in [0.717, 1.165) is 20.6 Å². The quantitative estimate of drug-likeness (QED) is 0.792. The maximum atomic E-state index is 13.1. The Kier molecular flexibility index (Phi) is 2.87. The van der Waals surface area contributed by atoms with E-state index in [2.05, 4.69) is 37.5 Å². The highest BCUT2D eigenvalue weighted by Gasteiger charge is 2.34. The van der Waals surface area contributed by atoms with E-state index in [1.165, 1.54) is 6.33 Å². The molecule has 96 valence electrons. The lowest BCUT2D eigenvalue weighted by Gasteiger charge is -2.32. The molecule has 18 heavy (non-hydrogen) atoms. The van der Waals surface area contributed by atoms with Crippen LogP contribution in [0.3, 0.4) is 0 Å². The van der Waals surface area contributed by atoms with Crippen LogP contribution in [0.25, 0.3) is 11.0 Å². The first-order valence-electron chi connectivity index (χ1n) is 5.67. The van der Waals surface area contributed by atoms with Gasteiger partial charge in [-0.2, -0.15) is 0 Å². The van der Waals surface area contributed by atoms with E-state index in [9.17, 15) is 8.78 Å². The van der Waals surface area contributed by atoms with Crippen molar-refractivity contribution in [3.05, 3.63) is 16.1 Å². The second-order valence-corrected chi connectivity index (χ2v) is 5.58. The van der Waals surface area contributed by atoms with Crippen LogP contribution in [0.5, 0.6) is 0 Å². The minimum atomic E-state index is -2.53. The third-order valence-electron chi connectivity index (χ3n) is 3.17. The van der Waals surface area contributed by atoms with Crippen molar-refractivity contribution < 1.29 is 8.78 Å². The Labute approximate surface area is 116 Å². The predicted octanol–water partition coefficient (Wildman–Crippen LogP) is 2.80. The lowest BCUT2D eigenvalue weighted by molar-refractivity contribution is -0.0221. The van der Waals surface area contributed by atoms with E-state index < -0.39 is 5.92 Å². The lowest BCUT2D eigenvalue weighted by atomic mass is 10.1. The Hall–Kier alpha value is -0.990. The van der Waals surface area contributed by atoms with Gasteiger partial charge in [-0.3, -0.25) is 0 Å². The molecule has 0 unspecified atom stereocenters. The highest BCUT2D eigenvalue weighted by atomic mass is 127. The van der Waals surface area contributed by atoms with Gasteiger partial charge in [-0.1, -0.05) is 0 Å². The second kappa shape index (κ2) is 4.29. The number of aromatic amines is 1. The number of fused-ring (bicyclic) bond motifs is 1. The summed E-state index contributed by atoms with van der Waals surface area (Å²) in [7, 11) is 0. The van der Waals surface area contributed by atoms with Crippen LogP contribution in [-0.2, 0) is 0 Å². The number of H-pyrrole nitrogens is 1. The smallest absolute Gasteiger partial charge is 0.251 e. The minimum absolute atomic E-state index is 0.111. The molecule has 0 bridgehead atoms. The van der Waals surface area contributed by atoms with Gasteiger partial charge in [0.15, 0.2) is 0 Å². The zero-order chi connectivity index (χ0) is 12.8. The molecule has 0 saturated carbocycles. The molecule has 2 aromatic rings. The average Bonchev–Trinajstić information content (AvgIpc) is 2.69. The molecular formula is C11H11F2IN4. The number of nitrogens with zero attached hydrogens (tertiary/aromatic N) is 3. The average molecular weight is 364 g/mol. The number of hydrogen-bond acceptors (Lipinski definition) is 3. The van der Waals surface area contributed by atoms with E-state index in [4.69, 9.17) is 0 Å². The molecular weight excluding hydrogens is 353 g/mol. The fraction of sp³-hybridized carbons (Fsp3) is 0.455. The molecule has 0 amide bonds. The SMILES string of the molecule is FC1(F)CCN(c2ncnc3[nH]c(I)cc23)CC1. The molecule has 0 aliphatic carbocycles. The minimum Gasteiger partial charge on any atom is -0.356 e. The highest BCUT2D eigenvalue weighted by Crippen LogP contribution is 2.32. The van der Waals surface area contributed by atoms with Crippen molar-refractivity contribution in [2.45, 2.75) is 18.8 Å². The van der Waals surface area contributed by atoms with E-state index >= 15 is 0 Å². The Balaban J connectivity index is 1.95. The maximum Gasteiger partial charge on any atom is 0.251 e. The van der Waals surface area contributed by atoms with Crippen LogP contribution in [0.4, 0.5) is 14.6 Å². The van der Waals surface area contributed by atoms with E-state index in [1.54, 1.807) is 0 Å². The molecule has 4 nitrogen and oxygen atoms in total. The molecule has 3 rings (SSSR count). The van der Waals surface area contributed by atoms with Gasteiger partial charge in [0, 0.05) is 25.9 Å². The van der Waals surface area contributed by atoms with Crippen molar-refractivity contribution in [1.82, 2.24) is 15.0 Å². The van der Waals surface area contributed by atoms with Crippen LogP contribution in [0.1, 0.15) is 12.8 Å². The van der Waals surface area contributed by atoms with Crippen LogP contribution >= 0.6 is 22.6 Å². The van der Waals surface area contributed by atoms with Crippen molar-refractivity contribution in [2.24, 2.45) is 0 Å². The molecule has 0 spiro atoms. The summed E-state index contributed by atoms with van der Waals surface area (Å²) in [4.78, 5) is 13.4. The number of halogens is 3. The molecule has 0 atom stereocenters. The summed E-state index contributed by atoms with van der Waals surface area (Å²) in [6.07, 6.45) is 1.25. The molecule has 2 aromatic heterocycles. The highest BCUT2D eigenvalue weighted by molar-refractivity contribution is 14.1. The number of rotatable bonds is 1. The molecule has 1 aliphatic heterocycles. The first kappa shape index (κ1) is 12.1. The zero-order valence-corrected chi connectivity index (χ0v) is 11.6. The summed E-state index contributed by atoms with van der Waals surface area (Å²) >= 11 is 2.16. The van der Waals surface area contributed by atoms with Crippen LogP contribution in [-0.4, -0.2) is 34.0 Å². The van der Waals surface area contributed by atoms with Crippen LogP contribution in [0, 0.1) is 3.70 Å². The van der Waals surface area contributed by atoms with Gasteiger partial charge in [0.1, 0.15) is 17.8 Å². The van der Waals surface area contributed by atoms with Gasteiger partial charge in [-0.05, 0) is 28.7 Å². The van der Waals surface area contributed by atoms with Gasteiger partial charge >= 0.3 is 0 Å². The summed E-state index contributed by atoms with van der Waals surface area (Å²) in [6, 6.07) is 1.94. The first-order valence-corrected chi connectivity index (χ1v) is 6.75. The van der Waals surface area contributed by atoms with Crippen molar-refractivity contribution in [3.63, 3.8) is 0 Å². The van der Waals surface area contributed by atoms with E-state index in [-0.39, 0.29) is 12.8 Å². The number of aromatic nitrogens is 3. The lowest BCUT2D eigenvalue weighted by Crippen LogP contribution is -2.39. The van der Waals surface area contributed by atoms with Crippen LogP contribution in [0.15, 0.2) is 12.4 Å². The molecule has 0 aromatic carbocycles. The van der Waals surface area contributed by atoms with Gasteiger partial charge in [-0.15, -0.1) is 0 Å². The van der Waals surface area contributed by atoms with Gasteiger partial charge < -0.3 is 9.88 Å². The second-order valence-electron chi connectivity index (χ2n) is 4.42. The topological polar surface area (TPSA) is 44.8 Å². The van der Waals surface area contributed by atoms with E-state index in [1.807, 2.05) is 11.0 Å². The first-order chi connectivity index (χ1) is 8.55. The largest absolute Gasteiger partial charge is 0.356 e. The fourth-order valence-electron chi connectivity index (χ4n) is 2.19. The fourth-order valence-corrected chi connectivity index (χ4v) is 2.76. The maximum absolute atomic E-state index is 13.1. The van der Waals surface area contributed by atoms with Crippen molar-refractivity contribution >= 4 is 39.4 Å². The number of alkyl halides is 2. The third kappa shape index (κ3) is 2.15. The molecule has 1 fully saturated rings. The number of nitrogens with one attached hydrogen (secondary N) is 1. The zero-order valence-electron chi connectivity index (χ0n) is 9.46. The Morgan fingerprint density at radius 2 is 2.00 bits per heavy atom. The summed E-state index contributed by atoms with van der Waals surface area (Å²) < 4.78 is 27.3. The summed E-state index contributed by atoms with van der Waals surface area (Å²) in [6.45, 7) is 0.668. The van der Waals surface area contributed by atoms with Crippen molar-refractivity contribution in [2.75, 3.05) is 18.0 Å². The number of hydrogen-bond donors (Lipinski definition) is 1. The normalized spacial score (nSPS) is 19.4. The summed E-state index contributed by atoms with van der Waals surface area (Å²) in [5, 5.41) is 0.895. The third-order valence-corrected chi connectivity index (χ3v) is 3.75. The molecule has 0 radical (unpaired) electrons. The Bertz CT molecular complexity index is 573. The van der Waals surface area contributed by atoms with Crippen molar-refractivity contribution in [3.8, 4) is 0 Å². The summed E-state index contributed by atoms with van der Waals surface area (Å²) in [5.41, 5.74) is 0.752. The molecule has 7 heteroatoms. The Morgan fingerprint density at radius 1 is 1.28 bits per heavy atom. The summed E-state index contributed by atoms with van der Waals surface area (Å²) in [5.74, 6) is -1.79. The molecule has 1 aliphatic rings. The van der Waals surface area contributed by atoms with Gasteiger partial charge in [0.25, 0.3) is 5.92 Å². The molecule has 1 N–H and O–H groups in total. The van der Waals surface area contributed by atoms with Crippen molar-refractivity contribution in [1.29, 1.82) is 0 Å². The molecule has 1 saturated heterocycles. The Morgan fingerprint density at radius 3 is 2.72 bits per heavy atom. The number of anilines is 1. The predicted molar refractivity (Wildman–Crippen MR) is 73.0 cm³/mol.